The summed E-state index contributed by atoms with van der Waals surface area (Å²) >= 11 is 0. The molecular formula is C11H14O5S. The van der Waals surface area contributed by atoms with E-state index in [-0.39, 0.29) is 23.7 Å². The summed E-state index contributed by atoms with van der Waals surface area (Å²) in [5, 5.41) is 8.78. The summed E-state index contributed by atoms with van der Waals surface area (Å²) in [6.07, 6.45) is 0. The predicted octanol–water partition coefficient (Wildman–Crippen LogP) is 0.946. The van der Waals surface area contributed by atoms with Crippen LogP contribution in [0.4, 0.5) is 0 Å². The van der Waals surface area contributed by atoms with E-state index in [4.69, 9.17) is 9.84 Å². The zero-order valence-electron chi connectivity index (χ0n) is 9.42. The molecule has 94 valence electrons. The highest BCUT2D eigenvalue weighted by Crippen LogP contribution is 2.10. The highest BCUT2D eigenvalue weighted by Gasteiger charge is 2.13. The molecule has 0 saturated heterocycles. The Labute approximate surface area is 100.0 Å². The fourth-order valence-electron chi connectivity index (χ4n) is 1.33. The zero-order valence-corrected chi connectivity index (χ0v) is 10.2. The van der Waals surface area contributed by atoms with E-state index in [1.54, 1.807) is 6.07 Å². The van der Waals surface area contributed by atoms with Gasteiger partial charge in [0.25, 0.3) is 0 Å². The van der Waals surface area contributed by atoms with Crippen LogP contribution in [-0.2, 0) is 20.3 Å². The van der Waals surface area contributed by atoms with Crippen molar-refractivity contribution in [1.29, 1.82) is 0 Å². The van der Waals surface area contributed by atoms with Crippen LogP contribution < -0.4 is 0 Å². The van der Waals surface area contributed by atoms with Crippen molar-refractivity contribution >= 4 is 15.8 Å². The number of benzene rings is 1. The highest BCUT2D eigenvalue weighted by atomic mass is 32.2. The second-order valence-corrected chi connectivity index (χ2v) is 5.77. The lowest BCUT2D eigenvalue weighted by atomic mass is 10.1. The Bertz CT molecular complexity index is 492. The van der Waals surface area contributed by atoms with Crippen molar-refractivity contribution in [3.05, 3.63) is 35.4 Å². The van der Waals surface area contributed by atoms with E-state index in [0.717, 1.165) is 0 Å². The van der Waals surface area contributed by atoms with Gasteiger partial charge in [-0.3, -0.25) is 0 Å². The molecule has 1 aromatic carbocycles. The molecule has 17 heavy (non-hydrogen) atoms. The van der Waals surface area contributed by atoms with Gasteiger partial charge >= 0.3 is 5.97 Å². The van der Waals surface area contributed by atoms with Gasteiger partial charge < -0.3 is 9.84 Å². The van der Waals surface area contributed by atoms with E-state index in [9.17, 15) is 13.2 Å². The van der Waals surface area contributed by atoms with Crippen molar-refractivity contribution in [3.63, 3.8) is 0 Å². The molecule has 0 radical (unpaired) electrons. The first-order chi connectivity index (χ1) is 7.94. The first-order valence-electron chi connectivity index (χ1n) is 4.96. The molecule has 0 fully saturated rings. The summed E-state index contributed by atoms with van der Waals surface area (Å²) in [6, 6.07) is 5.92. The summed E-state index contributed by atoms with van der Waals surface area (Å²) in [5.74, 6) is -1.31. The van der Waals surface area contributed by atoms with Crippen molar-refractivity contribution in [1.82, 2.24) is 0 Å². The fraction of sp³-hybridized carbons (Fsp3) is 0.364. The maximum atomic E-state index is 11.6. The quantitative estimate of drug-likeness (QED) is 0.821. The summed E-state index contributed by atoms with van der Waals surface area (Å²) in [6.45, 7) is 0.140. The number of aromatic carboxylic acids is 1. The van der Waals surface area contributed by atoms with Crippen LogP contribution in [0.15, 0.2) is 24.3 Å². The van der Waals surface area contributed by atoms with Gasteiger partial charge in [0.05, 0.1) is 23.7 Å². The largest absolute Gasteiger partial charge is 0.478 e. The van der Waals surface area contributed by atoms with Gasteiger partial charge in [-0.15, -0.1) is 0 Å². The number of sulfone groups is 1. The Morgan fingerprint density at radius 2 is 2.12 bits per heavy atom. The smallest absolute Gasteiger partial charge is 0.335 e. The second-order valence-electron chi connectivity index (χ2n) is 3.59. The van der Waals surface area contributed by atoms with Crippen molar-refractivity contribution in [2.24, 2.45) is 0 Å². The maximum Gasteiger partial charge on any atom is 0.335 e. The summed E-state index contributed by atoms with van der Waals surface area (Å²) in [5.41, 5.74) is 0.561. The number of carboxylic acids is 1. The van der Waals surface area contributed by atoms with Gasteiger partial charge in [-0.25, -0.2) is 13.2 Å². The third-order valence-corrected chi connectivity index (χ3v) is 3.72. The third kappa shape index (κ3) is 4.54. The Hall–Kier alpha value is -1.40. The van der Waals surface area contributed by atoms with Gasteiger partial charge in [-0.05, 0) is 17.7 Å². The molecule has 0 unspecified atom stereocenters. The number of hydrogen-bond acceptors (Lipinski definition) is 4. The molecule has 0 atom stereocenters. The van der Waals surface area contributed by atoms with E-state index in [0.29, 0.717) is 5.56 Å². The van der Waals surface area contributed by atoms with Crippen LogP contribution in [0.3, 0.4) is 0 Å². The molecule has 0 aliphatic rings. The van der Waals surface area contributed by atoms with Crippen LogP contribution in [0.5, 0.6) is 0 Å². The molecule has 6 heteroatoms. The molecular weight excluding hydrogens is 244 g/mol. The molecule has 0 heterocycles. The molecule has 0 spiro atoms. The molecule has 0 amide bonds. The second kappa shape index (κ2) is 5.79. The molecule has 0 aliphatic heterocycles. The SMILES string of the molecule is COCCS(=O)(=O)Cc1cccc(C(=O)O)c1. The minimum atomic E-state index is -3.26. The summed E-state index contributed by atoms with van der Waals surface area (Å²) in [4.78, 5) is 10.7. The normalized spacial score (nSPS) is 11.4. The third-order valence-electron chi connectivity index (χ3n) is 2.16. The van der Waals surface area contributed by atoms with Crippen molar-refractivity contribution < 1.29 is 23.1 Å². The molecule has 5 nitrogen and oxygen atoms in total. The molecule has 1 aromatic rings. The molecule has 0 aliphatic carbocycles. The topological polar surface area (TPSA) is 80.7 Å². The van der Waals surface area contributed by atoms with Gasteiger partial charge in [0.2, 0.25) is 0 Å². The Morgan fingerprint density at radius 1 is 1.41 bits per heavy atom. The molecule has 1 rings (SSSR count). The summed E-state index contributed by atoms with van der Waals surface area (Å²) in [7, 11) is -1.83. The van der Waals surface area contributed by atoms with Gasteiger partial charge in [-0.1, -0.05) is 12.1 Å². The zero-order chi connectivity index (χ0) is 12.9. The van der Waals surface area contributed by atoms with E-state index in [2.05, 4.69) is 0 Å². The Morgan fingerprint density at radius 3 is 2.71 bits per heavy atom. The van der Waals surface area contributed by atoms with Crippen molar-refractivity contribution in [2.45, 2.75) is 5.75 Å². The van der Waals surface area contributed by atoms with Crippen LogP contribution in [0.1, 0.15) is 15.9 Å². The van der Waals surface area contributed by atoms with Crippen LogP contribution >= 0.6 is 0 Å². The molecule has 0 aromatic heterocycles. The van der Waals surface area contributed by atoms with Crippen LogP contribution in [0.2, 0.25) is 0 Å². The number of hydrogen-bond donors (Lipinski definition) is 1. The Balaban J connectivity index is 2.81. The van der Waals surface area contributed by atoms with Gasteiger partial charge in [0.1, 0.15) is 0 Å². The predicted molar refractivity (Wildman–Crippen MR) is 62.8 cm³/mol. The van der Waals surface area contributed by atoms with E-state index >= 15 is 0 Å². The maximum absolute atomic E-state index is 11.6. The summed E-state index contributed by atoms with van der Waals surface area (Å²) < 4.78 is 27.9. The number of carbonyl (C=O) groups is 1. The number of carboxylic acid groups (broad SMARTS) is 1. The number of rotatable bonds is 6. The molecule has 0 saturated carbocycles. The monoisotopic (exact) mass is 258 g/mol. The highest BCUT2D eigenvalue weighted by molar-refractivity contribution is 7.90. The average molecular weight is 258 g/mol. The first kappa shape index (κ1) is 13.7. The van der Waals surface area contributed by atoms with Gasteiger partial charge in [-0.2, -0.15) is 0 Å². The minimum Gasteiger partial charge on any atom is -0.478 e. The first-order valence-corrected chi connectivity index (χ1v) is 6.78. The lowest BCUT2D eigenvalue weighted by molar-refractivity contribution is 0.0696. The lowest BCUT2D eigenvalue weighted by Gasteiger charge is -2.04. The van der Waals surface area contributed by atoms with Crippen LogP contribution in [-0.4, -0.2) is 39.0 Å². The van der Waals surface area contributed by atoms with E-state index < -0.39 is 15.8 Å². The van der Waals surface area contributed by atoms with Gasteiger partial charge in [0.15, 0.2) is 9.84 Å². The number of methoxy groups -OCH3 is 1. The molecule has 1 N–H and O–H groups in total. The number of ether oxygens (including phenoxy) is 1. The fourth-order valence-corrected chi connectivity index (χ4v) is 2.58. The molecule has 0 bridgehead atoms. The van der Waals surface area contributed by atoms with E-state index in [1.807, 2.05) is 0 Å². The van der Waals surface area contributed by atoms with Crippen LogP contribution in [0.25, 0.3) is 0 Å². The Kier molecular flexibility index (Phi) is 4.65. The standard InChI is InChI=1S/C11H14O5S/c1-16-5-6-17(14,15)8-9-3-2-4-10(7-9)11(12)13/h2-4,7H,5-6,8H2,1H3,(H,12,13). The van der Waals surface area contributed by atoms with Crippen molar-refractivity contribution in [3.8, 4) is 0 Å². The lowest BCUT2D eigenvalue weighted by Crippen LogP contribution is -2.13. The van der Waals surface area contributed by atoms with Crippen LogP contribution in [0, 0.1) is 0 Å². The van der Waals surface area contributed by atoms with Crippen molar-refractivity contribution in [2.75, 3.05) is 19.5 Å². The van der Waals surface area contributed by atoms with E-state index in [1.165, 1.54) is 25.3 Å². The minimum absolute atomic E-state index is 0.0687. The average Bonchev–Trinajstić information content (AvgIpc) is 2.26. The van der Waals surface area contributed by atoms with Gasteiger partial charge in [0, 0.05) is 7.11 Å².